The maximum Gasteiger partial charge on any atom is 0.166 e. The van der Waals surface area contributed by atoms with Crippen molar-refractivity contribution in [1.82, 2.24) is 9.55 Å². The van der Waals surface area contributed by atoms with Crippen molar-refractivity contribution in [3.63, 3.8) is 0 Å². The first-order valence-corrected chi connectivity index (χ1v) is 8.19. The van der Waals surface area contributed by atoms with Gasteiger partial charge in [-0.25, -0.2) is 9.37 Å². The van der Waals surface area contributed by atoms with Crippen LogP contribution >= 0.6 is 11.6 Å². The fourth-order valence-electron chi connectivity index (χ4n) is 2.91. The van der Waals surface area contributed by atoms with E-state index in [1.165, 1.54) is 12.1 Å². The molecule has 0 saturated heterocycles. The molecular formula is C18H19ClFN3O. The molecule has 0 atom stereocenters. The van der Waals surface area contributed by atoms with E-state index in [0.717, 1.165) is 11.4 Å². The predicted octanol–water partition coefficient (Wildman–Crippen LogP) is 4.60. The van der Waals surface area contributed by atoms with Gasteiger partial charge in [0, 0.05) is 23.7 Å². The van der Waals surface area contributed by atoms with Gasteiger partial charge in [0.05, 0.1) is 11.4 Å². The summed E-state index contributed by atoms with van der Waals surface area (Å²) >= 11 is 5.80. The lowest BCUT2D eigenvalue weighted by atomic mass is 10.1. The Hall–Kier alpha value is -2.14. The van der Waals surface area contributed by atoms with Gasteiger partial charge in [0.2, 0.25) is 0 Å². The summed E-state index contributed by atoms with van der Waals surface area (Å²) in [6.07, 6.45) is 4.18. The summed E-state index contributed by atoms with van der Waals surface area (Å²) in [5.41, 5.74) is 1.53. The Kier molecular flexibility index (Phi) is 4.22. The maximum absolute atomic E-state index is 14.1. The molecule has 3 rings (SSSR count). The molecule has 1 aromatic heterocycles. The van der Waals surface area contributed by atoms with Crippen LogP contribution in [0.3, 0.4) is 0 Å². The summed E-state index contributed by atoms with van der Waals surface area (Å²) in [5.74, 6) is 0.344. The number of imidazole rings is 1. The zero-order valence-electron chi connectivity index (χ0n) is 13.9. The second-order valence-corrected chi connectivity index (χ2v) is 6.67. The Morgan fingerprint density at radius 3 is 2.79 bits per heavy atom. The Bertz CT molecular complexity index is 839. The molecule has 1 N–H and O–H groups in total. The van der Waals surface area contributed by atoms with Crippen LogP contribution in [0.15, 0.2) is 24.3 Å². The number of hydrogen-bond acceptors (Lipinski definition) is 3. The molecule has 0 aliphatic heterocycles. The number of fused-ring (bicyclic) bond motifs is 1. The van der Waals surface area contributed by atoms with Crippen molar-refractivity contribution in [2.24, 2.45) is 0 Å². The number of benzene rings is 1. The first-order valence-electron chi connectivity index (χ1n) is 7.81. The van der Waals surface area contributed by atoms with E-state index in [-0.39, 0.29) is 5.75 Å². The zero-order chi connectivity index (χ0) is 17.5. The van der Waals surface area contributed by atoms with Gasteiger partial charge in [-0.15, -0.1) is 0 Å². The van der Waals surface area contributed by atoms with E-state index < -0.39 is 11.4 Å². The largest absolute Gasteiger partial charge is 0.477 e. The highest BCUT2D eigenvalue weighted by molar-refractivity contribution is 6.30. The van der Waals surface area contributed by atoms with E-state index in [1.54, 1.807) is 12.1 Å². The van der Waals surface area contributed by atoms with E-state index in [2.05, 4.69) is 4.98 Å². The summed E-state index contributed by atoms with van der Waals surface area (Å²) in [6, 6.07) is 4.35. The molecule has 0 spiro atoms. The first kappa shape index (κ1) is 16.7. The van der Waals surface area contributed by atoms with Crippen molar-refractivity contribution >= 4 is 23.4 Å². The van der Waals surface area contributed by atoms with Gasteiger partial charge in [0.1, 0.15) is 0 Å². The van der Waals surface area contributed by atoms with Crippen molar-refractivity contribution < 1.29 is 9.13 Å². The molecule has 0 bridgehead atoms. The topological polar surface area (TPSA) is 50.9 Å². The number of nitrogens with one attached hydrogen (secondary N) is 1. The number of halogens is 2. The molecule has 24 heavy (non-hydrogen) atoms. The summed E-state index contributed by atoms with van der Waals surface area (Å²) in [4.78, 5) is 4.68. The SMILES string of the molecule is CCn1c(C(C)(C)Oc2ccc(Cl)cc2F)nc2c1C=CC(=N)C2. The average molecular weight is 348 g/mol. The van der Waals surface area contributed by atoms with E-state index in [4.69, 9.17) is 21.7 Å². The molecule has 2 aromatic rings. The highest BCUT2D eigenvalue weighted by Crippen LogP contribution is 2.32. The predicted molar refractivity (Wildman–Crippen MR) is 93.4 cm³/mol. The quantitative estimate of drug-likeness (QED) is 0.878. The summed E-state index contributed by atoms with van der Waals surface area (Å²) in [6.45, 7) is 6.45. The Morgan fingerprint density at radius 1 is 1.38 bits per heavy atom. The molecular weight excluding hydrogens is 329 g/mol. The third-order valence-electron chi connectivity index (χ3n) is 4.00. The number of aromatic nitrogens is 2. The summed E-state index contributed by atoms with van der Waals surface area (Å²) < 4.78 is 22.1. The van der Waals surface area contributed by atoms with Crippen molar-refractivity contribution in [3.05, 3.63) is 52.3 Å². The molecule has 0 saturated carbocycles. The van der Waals surface area contributed by atoms with Gasteiger partial charge in [-0.1, -0.05) is 11.6 Å². The second kappa shape index (κ2) is 6.06. The van der Waals surface area contributed by atoms with Crippen molar-refractivity contribution in [2.75, 3.05) is 0 Å². The minimum Gasteiger partial charge on any atom is -0.477 e. The van der Waals surface area contributed by atoms with Crippen molar-refractivity contribution in [2.45, 2.75) is 39.3 Å². The number of hydrogen-bond donors (Lipinski definition) is 1. The van der Waals surface area contributed by atoms with Crippen LogP contribution < -0.4 is 4.74 Å². The number of allylic oxidation sites excluding steroid dienone is 1. The van der Waals surface area contributed by atoms with Gasteiger partial charge in [-0.2, -0.15) is 0 Å². The van der Waals surface area contributed by atoms with Gasteiger partial charge >= 0.3 is 0 Å². The molecule has 1 aromatic carbocycles. The Morgan fingerprint density at radius 2 is 2.12 bits per heavy atom. The van der Waals surface area contributed by atoms with Gasteiger partial charge in [-0.05, 0) is 51.1 Å². The van der Waals surface area contributed by atoms with Crippen LogP contribution in [0.5, 0.6) is 5.75 Å². The van der Waals surface area contributed by atoms with Crippen LogP contribution in [-0.4, -0.2) is 15.3 Å². The van der Waals surface area contributed by atoms with Crippen LogP contribution in [0, 0.1) is 11.2 Å². The van der Waals surface area contributed by atoms with E-state index in [0.29, 0.717) is 29.5 Å². The minimum absolute atomic E-state index is 0.135. The molecule has 0 amide bonds. The molecule has 126 valence electrons. The van der Waals surface area contributed by atoms with Gasteiger partial charge in [0.25, 0.3) is 0 Å². The van der Waals surface area contributed by atoms with Crippen molar-refractivity contribution in [3.8, 4) is 5.75 Å². The summed E-state index contributed by atoms with van der Waals surface area (Å²) in [7, 11) is 0. The Labute approximate surface area is 145 Å². The highest BCUT2D eigenvalue weighted by atomic mass is 35.5. The van der Waals surface area contributed by atoms with Crippen LogP contribution in [0.2, 0.25) is 5.02 Å². The van der Waals surface area contributed by atoms with Gasteiger partial charge in [-0.3, -0.25) is 0 Å². The van der Waals surface area contributed by atoms with Crippen molar-refractivity contribution in [1.29, 1.82) is 5.41 Å². The van der Waals surface area contributed by atoms with E-state index in [1.807, 2.05) is 31.4 Å². The maximum atomic E-state index is 14.1. The zero-order valence-corrected chi connectivity index (χ0v) is 14.6. The van der Waals surface area contributed by atoms with Gasteiger partial charge in [0.15, 0.2) is 23.0 Å². The first-order chi connectivity index (χ1) is 11.3. The molecule has 1 aliphatic carbocycles. The smallest absolute Gasteiger partial charge is 0.166 e. The molecule has 0 fully saturated rings. The Balaban J connectivity index is 2.01. The summed E-state index contributed by atoms with van der Waals surface area (Å²) in [5, 5.41) is 8.14. The van der Waals surface area contributed by atoms with Crippen LogP contribution in [0.25, 0.3) is 6.08 Å². The normalized spacial score (nSPS) is 14.0. The molecule has 1 heterocycles. The average Bonchev–Trinajstić information content (AvgIpc) is 2.88. The number of ether oxygens (including phenoxy) is 1. The fourth-order valence-corrected chi connectivity index (χ4v) is 3.07. The highest BCUT2D eigenvalue weighted by Gasteiger charge is 2.32. The van der Waals surface area contributed by atoms with Crippen LogP contribution in [0.4, 0.5) is 4.39 Å². The molecule has 0 radical (unpaired) electrons. The van der Waals surface area contributed by atoms with Crippen LogP contribution in [-0.2, 0) is 18.6 Å². The molecule has 0 unspecified atom stereocenters. The lowest BCUT2D eigenvalue weighted by Gasteiger charge is -2.27. The van der Waals surface area contributed by atoms with E-state index >= 15 is 0 Å². The third-order valence-corrected chi connectivity index (χ3v) is 4.23. The number of nitrogens with zero attached hydrogens (tertiary/aromatic N) is 2. The monoisotopic (exact) mass is 347 g/mol. The lowest BCUT2D eigenvalue weighted by molar-refractivity contribution is 0.0887. The molecule has 6 heteroatoms. The number of rotatable bonds is 4. The fraction of sp³-hybridized carbons (Fsp3) is 0.333. The van der Waals surface area contributed by atoms with E-state index in [9.17, 15) is 4.39 Å². The lowest BCUT2D eigenvalue weighted by Crippen LogP contribution is -2.30. The second-order valence-electron chi connectivity index (χ2n) is 6.23. The third kappa shape index (κ3) is 2.96. The molecule has 4 nitrogen and oxygen atoms in total. The molecule has 1 aliphatic rings. The standard InChI is InChI=1S/C18H19ClFN3O/c1-4-23-15-7-6-12(21)10-14(15)22-17(23)18(2,3)24-16-8-5-11(19)9-13(16)20/h5-9,21H,4,10H2,1-3H3. The minimum atomic E-state index is -0.835. The van der Waals surface area contributed by atoms with Gasteiger partial charge < -0.3 is 14.7 Å². The van der Waals surface area contributed by atoms with Crippen LogP contribution in [0.1, 0.15) is 38.0 Å².